The summed E-state index contributed by atoms with van der Waals surface area (Å²) in [4.78, 5) is 0. The van der Waals surface area contributed by atoms with E-state index in [-0.39, 0.29) is 0 Å². The lowest BCUT2D eigenvalue weighted by atomic mass is 9.70. The van der Waals surface area contributed by atoms with Gasteiger partial charge in [0, 0.05) is 13.6 Å². The Kier molecular flexibility index (Phi) is 4.12. The fourth-order valence-electron chi connectivity index (χ4n) is 2.31. The largest absolute Gasteiger partial charge is 0.314 e. The maximum atomic E-state index is 9.16. The third kappa shape index (κ3) is 3.47. The molecule has 0 atom stereocenters. The molecule has 1 aliphatic rings. The summed E-state index contributed by atoms with van der Waals surface area (Å²) in [6.07, 6.45) is 6.82. The topological polar surface area (TPSA) is 23.5 Å². The first kappa shape index (κ1) is 12.5. The minimum Gasteiger partial charge on any atom is -0.314 e. The summed E-state index contributed by atoms with van der Waals surface area (Å²) in [5.74, 6) is 0.577. The molecule has 2 nitrogen and oxygen atoms in total. The van der Waals surface area contributed by atoms with Gasteiger partial charge in [0.25, 0.3) is 0 Å². The van der Waals surface area contributed by atoms with Crippen molar-refractivity contribution in [3.8, 4) is 0 Å². The van der Waals surface area contributed by atoms with E-state index >= 15 is 0 Å². The maximum Gasteiger partial charge on any atom is 0.0445 e. The first-order chi connectivity index (χ1) is 6.97. The monoisotopic (exact) mass is 209 g/mol. The van der Waals surface area contributed by atoms with E-state index in [1.165, 1.54) is 30.7 Å². The van der Waals surface area contributed by atoms with Crippen LogP contribution in [-0.4, -0.2) is 23.9 Å². The third-order valence-corrected chi connectivity index (χ3v) is 3.63. The molecule has 0 spiro atoms. The molecule has 0 saturated heterocycles. The van der Waals surface area contributed by atoms with Gasteiger partial charge in [0.15, 0.2) is 0 Å². The van der Waals surface area contributed by atoms with Crippen molar-refractivity contribution in [1.29, 1.82) is 0 Å². The van der Waals surface area contributed by atoms with Crippen LogP contribution in [0.5, 0.6) is 0 Å². The molecule has 0 radical (unpaired) electrons. The number of nitrogens with zero attached hydrogens (tertiary/aromatic N) is 1. The Hall–Kier alpha value is -0.600. The zero-order valence-electron chi connectivity index (χ0n) is 10.00. The molecule has 2 heteroatoms. The van der Waals surface area contributed by atoms with E-state index in [9.17, 15) is 0 Å². The van der Waals surface area contributed by atoms with Gasteiger partial charge in [-0.3, -0.25) is 0 Å². The van der Waals surface area contributed by atoms with Crippen LogP contribution in [-0.2, 0) is 0 Å². The average Bonchev–Trinajstić information content (AvgIpc) is 2.18. The van der Waals surface area contributed by atoms with Crippen molar-refractivity contribution < 1.29 is 5.21 Å². The highest BCUT2D eigenvalue weighted by atomic mass is 16.5. The summed E-state index contributed by atoms with van der Waals surface area (Å²) < 4.78 is 0. The highest BCUT2D eigenvalue weighted by Gasteiger charge is 2.29. The minimum atomic E-state index is 0.321. The van der Waals surface area contributed by atoms with Crippen LogP contribution in [0.2, 0.25) is 0 Å². The minimum absolute atomic E-state index is 0.321. The zero-order valence-corrected chi connectivity index (χ0v) is 10.00. The summed E-state index contributed by atoms with van der Waals surface area (Å²) >= 11 is 0. The fourth-order valence-corrected chi connectivity index (χ4v) is 2.31. The van der Waals surface area contributed by atoms with Crippen LogP contribution in [0.25, 0.3) is 0 Å². The van der Waals surface area contributed by atoms with Crippen LogP contribution in [0, 0.1) is 11.3 Å². The predicted octanol–water partition coefficient (Wildman–Crippen LogP) is 3.25. The zero-order chi connectivity index (χ0) is 11.5. The van der Waals surface area contributed by atoms with Crippen LogP contribution in [0.1, 0.15) is 32.6 Å². The molecule has 15 heavy (non-hydrogen) atoms. The molecular weight excluding hydrogens is 186 g/mol. The van der Waals surface area contributed by atoms with Gasteiger partial charge in [0.05, 0.1) is 0 Å². The van der Waals surface area contributed by atoms with E-state index in [2.05, 4.69) is 26.2 Å². The lowest BCUT2D eigenvalue weighted by molar-refractivity contribution is -0.0579. The van der Waals surface area contributed by atoms with Gasteiger partial charge in [-0.25, -0.2) is 0 Å². The molecule has 86 valence electrons. The Morgan fingerprint density at radius 2 is 2.07 bits per heavy atom. The van der Waals surface area contributed by atoms with Gasteiger partial charge in [-0.2, -0.15) is 5.06 Å². The van der Waals surface area contributed by atoms with Crippen molar-refractivity contribution in [1.82, 2.24) is 5.06 Å². The quantitative estimate of drug-likeness (QED) is 0.567. The summed E-state index contributed by atoms with van der Waals surface area (Å²) in [6.45, 7) is 10.8. The van der Waals surface area contributed by atoms with Crippen LogP contribution in [0.3, 0.4) is 0 Å². The second-order valence-corrected chi connectivity index (χ2v) is 5.11. The normalized spacial score (nSPS) is 31.6. The highest BCUT2D eigenvalue weighted by Crippen LogP contribution is 2.41. The lowest BCUT2D eigenvalue weighted by Crippen LogP contribution is -2.26. The van der Waals surface area contributed by atoms with Gasteiger partial charge in [-0.15, -0.1) is 6.58 Å². The van der Waals surface area contributed by atoms with E-state index < -0.39 is 0 Å². The molecule has 1 saturated carbocycles. The molecule has 1 rings (SSSR count). The van der Waals surface area contributed by atoms with Crippen molar-refractivity contribution in [3.05, 3.63) is 24.8 Å². The molecule has 1 N–H and O–H groups in total. The number of hydrogen-bond donors (Lipinski definition) is 1. The highest BCUT2D eigenvalue weighted by molar-refractivity contribution is 5.07. The molecule has 0 heterocycles. The number of allylic oxidation sites excluding steroid dienone is 1. The number of hydrogen-bond acceptors (Lipinski definition) is 2. The van der Waals surface area contributed by atoms with E-state index in [0.29, 0.717) is 17.9 Å². The van der Waals surface area contributed by atoms with E-state index in [0.717, 1.165) is 5.57 Å². The number of likely N-dealkylation sites (N-methyl/N-ethyl adjacent to an activating group) is 1. The Morgan fingerprint density at radius 3 is 2.47 bits per heavy atom. The molecule has 1 aliphatic carbocycles. The van der Waals surface area contributed by atoms with Gasteiger partial charge in [-0.05, 0) is 37.0 Å². The van der Waals surface area contributed by atoms with Crippen molar-refractivity contribution in [3.63, 3.8) is 0 Å². The van der Waals surface area contributed by atoms with Crippen LogP contribution in [0.15, 0.2) is 24.8 Å². The van der Waals surface area contributed by atoms with Gasteiger partial charge in [0.1, 0.15) is 0 Å². The summed E-state index contributed by atoms with van der Waals surface area (Å²) in [7, 11) is 1.67. The molecule has 0 unspecified atom stereocenters. The molecule has 0 amide bonds. The van der Waals surface area contributed by atoms with Crippen molar-refractivity contribution in [2.45, 2.75) is 32.6 Å². The summed E-state index contributed by atoms with van der Waals surface area (Å²) in [6, 6.07) is 0. The molecule has 0 aromatic heterocycles. The third-order valence-electron chi connectivity index (χ3n) is 3.63. The summed E-state index contributed by atoms with van der Waals surface area (Å²) in [5.41, 5.74) is 1.48. The molecule has 0 aromatic rings. The Bertz CT molecular complexity index is 237. The molecule has 0 bridgehead atoms. The van der Waals surface area contributed by atoms with E-state index in [4.69, 9.17) is 5.21 Å². The first-order valence-corrected chi connectivity index (χ1v) is 5.68. The van der Waals surface area contributed by atoms with Crippen LogP contribution < -0.4 is 0 Å². The number of rotatable bonds is 4. The Balaban J connectivity index is 2.43. The van der Waals surface area contributed by atoms with Gasteiger partial charge in [0.2, 0.25) is 0 Å². The smallest absolute Gasteiger partial charge is 0.0445 e. The second-order valence-electron chi connectivity index (χ2n) is 5.11. The lowest BCUT2D eigenvalue weighted by Gasteiger charge is -2.36. The van der Waals surface area contributed by atoms with Gasteiger partial charge >= 0.3 is 0 Å². The molecule has 1 fully saturated rings. The fraction of sp³-hybridized carbons (Fsp3) is 0.692. The molecule has 0 aliphatic heterocycles. The standard InChI is InChI=1S/C13H23NO/c1-5-13(3)8-6-12(7-9-13)11(2)10-14(4)15/h5,12,15H,1-2,6-10H2,3-4H3/t12-,13-. The van der Waals surface area contributed by atoms with Gasteiger partial charge in [-0.1, -0.05) is 25.2 Å². The molecule has 0 aromatic carbocycles. The van der Waals surface area contributed by atoms with Crippen LogP contribution in [0.4, 0.5) is 0 Å². The van der Waals surface area contributed by atoms with Gasteiger partial charge < -0.3 is 5.21 Å². The van der Waals surface area contributed by atoms with Crippen molar-refractivity contribution >= 4 is 0 Å². The summed E-state index contributed by atoms with van der Waals surface area (Å²) in [5, 5.41) is 10.4. The SMILES string of the molecule is C=C[C@]1(C)CC[C@@H](C(=C)CN(C)O)CC1. The van der Waals surface area contributed by atoms with Crippen molar-refractivity contribution in [2.24, 2.45) is 11.3 Å². The van der Waals surface area contributed by atoms with E-state index in [1.54, 1.807) is 7.05 Å². The van der Waals surface area contributed by atoms with E-state index in [1.807, 2.05) is 0 Å². The van der Waals surface area contributed by atoms with Crippen LogP contribution >= 0.6 is 0 Å². The van der Waals surface area contributed by atoms with Crippen molar-refractivity contribution in [2.75, 3.05) is 13.6 Å². The molecular formula is C13H23NO. The number of hydroxylamine groups is 2. The Labute approximate surface area is 93.2 Å². The Morgan fingerprint density at radius 1 is 1.53 bits per heavy atom. The second kappa shape index (κ2) is 4.95. The average molecular weight is 209 g/mol. The maximum absolute atomic E-state index is 9.16. The first-order valence-electron chi connectivity index (χ1n) is 5.68. The predicted molar refractivity (Wildman–Crippen MR) is 63.8 cm³/mol.